The largest absolute Gasteiger partial charge is 0.454 e. The third kappa shape index (κ3) is 3.99. The van der Waals surface area contributed by atoms with Crippen molar-refractivity contribution in [2.24, 2.45) is 5.41 Å². The first-order valence-corrected chi connectivity index (χ1v) is 13.3. The average molecular weight is 560 g/mol. The van der Waals surface area contributed by atoms with E-state index in [0.29, 0.717) is 28.8 Å². The summed E-state index contributed by atoms with van der Waals surface area (Å²) in [5.74, 6) is -0.197. The second-order valence-corrected chi connectivity index (χ2v) is 12.3. The van der Waals surface area contributed by atoms with Gasteiger partial charge in [0.15, 0.2) is 16.4 Å². The number of aliphatic hydroxyl groups excluding tert-OH is 1. The number of hydrogen-bond acceptors (Lipinski definition) is 10. The molecule has 13 heteroatoms. The summed E-state index contributed by atoms with van der Waals surface area (Å²) in [4.78, 5) is 38.6. The number of carbonyl (C=O) groups excluding carboxylic acids is 3. The van der Waals surface area contributed by atoms with Crippen molar-refractivity contribution >= 4 is 62.9 Å². The van der Waals surface area contributed by atoms with Crippen LogP contribution in [-0.4, -0.2) is 72.6 Å². The van der Waals surface area contributed by atoms with Gasteiger partial charge in [-0.2, -0.15) is 5.26 Å². The van der Waals surface area contributed by atoms with Crippen LogP contribution in [0.5, 0.6) is 11.5 Å². The van der Waals surface area contributed by atoms with Gasteiger partial charge in [0, 0.05) is 13.5 Å². The van der Waals surface area contributed by atoms with E-state index in [9.17, 15) is 24.8 Å². The van der Waals surface area contributed by atoms with Crippen LogP contribution in [-0.2, 0) is 14.4 Å². The molecule has 9 nitrogen and oxygen atoms in total. The second kappa shape index (κ2) is 9.32. The van der Waals surface area contributed by atoms with Crippen molar-refractivity contribution in [3.63, 3.8) is 0 Å². The van der Waals surface area contributed by atoms with Gasteiger partial charge in [0.25, 0.3) is 5.91 Å². The third-order valence-electron chi connectivity index (χ3n) is 6.74. The Labute approximate surface area is 221 Å². The van der Waals surface area contributed by atoms with E-state index in [1.807, 2.05) is 0 Å². The minimum atomic E-state index is -1.63. The van der Waals surface area contributed by atoms with Gasteiger partial charge in [-0.15, -0.1) is 23.2 Å². The van der Waals surface area contributed by atoms with Gasteiger partial charge in [-0.25, -0.2) is 4.90 Å². The van der Waals surface area contributed by atoms with Crippen molar-refractivity contribution in [1.82, 2.24) is 9.80 Å². The molecule has 1 aromatic rings. The zero-order valence-electron chi connectivity index (χ0n) is 19.1. The number of thioether (sulfide) groups is 2. The standard InChI is InChI=1S/C22H23Cl2N3O6S2/c1-20(10-25)9-22(35-16(29)8-24)19(31)26(3)21(2,34-15(28)7-23)18(30)27(22)17(20)12-4-5-13-14(6-12)33-11-32-13/h4-6,17-18,30H,7-9,11H2,1-3H3/t17?,18-,20-,21+,22?/m1/s1. The van der Waals surface area contributed by atoms with Crippen LogP contribution in [0.1, 0.15) is 31.9 Å². The van der Waals surface area contributed by atoms with E-state index in [0.717, 1.165) is 11.8 Å². The van der Waals surface area contributed by atoms with E-state index in [4.69, 9.17) is 32.7 Å². The number of aliphatic hydroxyl groups is 1. The molecule has 0 radical (unpaired) electrons. The highest BCUT2D eigenvalue weighted by Gasteiger charge is 2.71. The molecule has 0 aromatic heterocycles. The molecule has 3 aliphatic heterocycles. The zero-order valence-corrected chi connectivity index (χ0v) is 22.3. The van der Waals surface area contributed by atoms with Gasteiger partial charge in [0.2, 0.25) is 17.0 Å². The summed E-state index contributed by atoms with van der Waals surface area (Å²) in [7, 11) is 1.46. The first kappa shape index (κ1) is 26.4. The number of rotatable bonds is 5. The Balaban J connectivity index is 1.93. The van der Waals surface area contributed by atoms with Crippen LogP contribution in [0, 0.1) is 16.7 Å². The van der Waals surface area contributed by atoms with Gasteiger partial charge in [0.05, 0.1) is 29.3 Å². The Morgan fingerprint density at radius 1 is 1.20 bits per heavy atom. The number of alkyl halides is 2. The number of halogens is 2. The summed E-state index contributed by atoms with van der Waals surface area (Å²) in [5, 5.41) is 21.2. The lowest BCUT2D eigenvalue weighted by Gasteiger charge is -2.56. The molecule has 2 saturated heterocycles. The predicted molar refractivity (Wildman–Crippen MR) is 132 cm³/mol. The summed E-state index contributed by atoms with van der Waals surface area (Å²) in [6, 6.07) is 6.62. The SMILES string of the molecule is CN1C(=O)C2(SC(=O)CCl)C[C@](C)(C#N)C(c3ccc4c(c3)OCO4)N2[C@H](O)[C@]1(C)SC(=O)CCl. The topological polar surface area (TPSA) is 120 Å². The number of carbonyl (C=O) groups is 3. The molecule has 1 amide bonds. The van der Waals surface area contributed by atoms with Crippen LogP contribution in [0.2, 0.25) is 0 Å². The molecule has 1 aromatic carbocycles. The van der Waals surface area contributed by atoms with E-state index < -0.39 is 43.6 Å². The number of piperazine rings is 1. The zero-order chi connectivity index (χ0) is 25.8. The van der Waals surface area contributed by atoms with Crippen LogP contribution in [0.15, 0.2) is 18.2 Å². The molecular weight excluding hydrogens is 537 g/mol. The van der Waals surface area contributed by atoms with E-state index in [2.05, 4.69) is 6.07 Å². The molecule has 4 rings (SSSR count). The highest BCUT2D eigenvalue weighted by molar-refractivity contribution is 8.15. The van der Waals surface area contributed by atoms with Crippen LogP contribution < -0.4 is 9.47 Å². The van der Waals surface area contributed by atoms with Gasteiger partial charge >= 0.3 is 0 Å². The summed E-state index contributed by atoms with van der Waals surface area (Å²) < 4.78 is 10.9. The Hall–Kier alpha value is -1.68. The van der Waals surface area contributed by atoms with E-state index >= 15 is 0 Å². The molecule has 0 bridgehead atoms. The molecule has 35 heavy (non-hydrogen) atoms. The van der Waals surface area contributed by atoms with Gasteiger partial charge in [-0.1, -0.05) is 29.6 Å². The molecule has 0 spiro atoms. The highest BCUT2D eigenvalue weighted by atomic mass is 35.5. The first-order valence-electron chi connectivity index (χ1n) is 10.6. The molecule has 5 atom stereocenters. The number of likely N-dealkylation sites (N-methyl/N-ethyl adjacent to an activating group) is 1. The maximum absolute atomic E-state index is 14.0. The number of nitrogens with zero attached hydrogens (tertiary/aromatic N) is 3. The smallest absolute Gasteiger partial charge is 0.255 e. The monoisotopic (exact) mass is 559 g/mol. The Bertz CT molecular complexity index is 1130. The molecule has 2 fully saturated rings. The number of nitriles is 1. The highest BCUT2D eigenvalue weighted by Crippen LogP contribution is 2.63. The average Bonchev–Trinajstić information content (AvgIpc) is 3.41. The Kier molecular flexibility index (Phi) is 7.03. The number of hydrogen-bond donors (Lipinski definition) is 1. The number of benzene rings is 1. The molecule has 0 saturated carbocycles. The van der Waals surface area contributed by atoms with Crippen molar-refractivity contribution in [3.8, 4) is 17.6 Å². The van der Waals surface area contributed by atoms with Gasteiger partial charge in [-0.05, 0) is 31.5 Å². The second-order valence-electron chi connectivity index (χ2n) is 8.92. The number of amides is 1. The van der Waals surface area contributed by atoms with Crippen molar-refractivity contribution in [2.45, 2.75) is 42.3 Å². The van der Waals surface area contributed by atoms with E-state index in [-0.39, 0.29) is 25.0 Å². The Morgan fingerprint density at radius 3 is 2.46 bits per heavy atom. The van der Waals surface area contributed by atoms with Gasteiger partial charge in [0.1, 0.15) is 11.1 Å². The summed E-state index contributed by atoms with van der Waals surface area (Å²) in [5.41, 5.74) is -0.622. The van der Waals surface area contributed by atoms with Crippen molar-refractivity contribution in [1.29, 1.82) is 5.26 Å². The molecular formula is C22H23Cl2N3O6S2. The van der Waals surface area contributed by atoms with Gasteiger partial charge in [-0.3, -0.25) is 14.4 Å². The Morgan fingerprint density at radius 2 is 1.83 bits per heavy atom. The minimum Gasteiger partial charge on any atom is -0.454 e. The van der Waals surface area contributed by atoms with Crippen molar-refractivity contribution in [2.75, 3.05) is 25.6 Å². The molecule has 1 N–H and O–H groups in total. The fourth-order valence-electron chi connectivity index (χ4n) is 5.06. The maximum atomic E-state index is 14.0. The normalized spacial score (nSPS) is 34.0. The van der Waals surface area contributed by atoms with Crippen molar-refractivity contribution < 1.29 is 29.0 Å². The lowest BCUT2D eigenvalue weighted by atomic mass is 9.79. The van der Waals surface area contributed by atoms with Crippen molar-refractivity contribution in [3.05, 3.63) is 23.8 Å². The van der Waals surface area contributed by atoms with Gasteiger partial charge < -0.3 is 19.5 Å². The molecule has 188 valence electrons. The minimum absolute atomic E-state index is 0.0495. The first-order chi connectivity index (χ1) is 16.5. The summed E-state index contributed by atoms with van der Waals surface area (Å²) in [6.07, 6.45) is -1.52. The molecule has 2 unspecified atom stereocenters. The van der Waals surface area contributed by atoms with Crippen LogP contribution >= 0.6 is 46.7 Å². The number of ether oxygens (including phenoxy) is 2. The fourth-order valence-corrected chi connectivity index (χ4v) is 7.68. The molecule has 0 aliphatic carbocycles. The maximum Gasteiger partial charge on any atom is 0.255 e. The third-order valence-corrected chi connectivity index (χ3v) is 10.1. The lowest BCUT2D eigenvalue weighted by Crippen LogP contribution is -2.73. The van der Waals surface area contributed by atoms with Crippen LogP contribution in [0.4, 0.5) is 0 Å². The molecule has 3 aliphatic rings. The predicted octanol–water partition coefficient (Wildman–Crippen LogP) is 2.89. The number of fused-ring (bicyclic) bond motifs is 2. The summed E-state index contributed by atoms with van der Waals surface area (Å²) >= 11 is 13.0. The summed E-state index contributed by atoms with van der Waals surface area (Å²) in [6.45, 7) is 3.29. The van der Waals surface area contributed by atoms with E-state index in [1.54, 1.807) is 32.0 Å². The quantitative estimate of drug-likeness (QED) is 0.539. The fraction of sp³-hybridized carbons (Fsp3) is 0.545. The van der Waals surface area contributed by atoms with Crippen LogP contribution in [0.25, 0.3) is 0 Å². The van der Waals surface area contributed by atoms with E-state index in [1.165, 1.54) is 16.8 Å². The lowest BCUT2D eigenvalue weighted by molar-refractivity contribution is -0.175. The van der Waals surface area contributed by atoms with Crippen LogP contribution in [0.3, 0.4) is 0 Å². The molecule has 3 heterocycles.